The molecule has 1 aliphatic heterocycles. The van der Waals surface area contributed by atoms with Gasteiger partial charge in [0, 0.05) is 0 Å². The van der Waals surface area contributed by atoms with Gasteiger partial charge in [-0.15, -0.1) is 0 Å². The van der Waals surface area contributed by atoms with Crippen molar-refractivity contribution in [2.75, 3.05) is 0 Å². The van der Waals surface area contributed by atoms with Crippen molar-refractivity contribution in [3.63, 3.8) is 0 Å². The first kappa shape index (κ1) is 17.9. The molecule has 2 aromatic carbocycles. The van der Waals surface area contributed by atoms with Gasteiger partial charge in [0.1, 0.15) is 11.6 Å². The zero-order valence-electron chi connectivity index (χ0n) is 13.6. The van der Waals surface area contributed by atoms with Crippen LogP contribution in [0.2, 0.25) is 0 Å². The molecule has 0 N–H and O–H groups in total. The molecule has 0 spiro atoms. The molecule has 134 valence electrons. The molecule has 1 heterocycles. The lowest BCUT2D eigenvalue weighted by Gasteiger charge is -2.15. The number of hydrogen-bond acceptors (Lipinski definition) is 1. The van der Waals surface area contributed by atoms with Gasteiger partial charge in [-0.2, -0.15) is 0 Å². The molecule has 0 amide bonds. The molecule has 1 saturated heterocycles. The van der Waals surface area contributed by atoms with E-state index >= 15 is 0 Å². The number of hydrogen-bond donors (Lipinski definition) is 0. The van der Waals surface area contributed by atoms with Crippen molar-refractivity contribution < 1.29 is 26.7 Å². The molecule has 0 aliphatic carbocycles. The fraction of sp³-hybridized carbons (Fsp3) is 0.368. The van der Waals surface area contributed by atoms with Crippen LogP contribution in [-0.4, -0.2) is 6.10 Å². The fourth-order valence-electron chi connectivity index (χ4n) is 3.24. The highest BCUT2D eigenvalue weighted by Crippen LogP contribution is 2.37. The summed E-state index contributed by atoms with van der Waals surface area (Å²) in [5.74, 6) is -6.62. The van der Waals surface area contributed by atoms with Crippen molar-refractivity contribution in [2.24, 2.45) is 0 Å². The first-order valence-electron chi connectivity index (χ1n) is 8.20. The van der Waals surface area contributed by atoms with Gasteiger partial charge in [-0.3, -0.25) is 0 Å². The molecule has 0 bridgehead atoms. The molecule has 0 aromatic heterocycles. The van der Waals surface area contributed by atoms with E-state index in [0.29, 0.717) is 24.1 Å². The summed E-state index contributed by atoms with van der Waals surface area (Å²) >= 11 is 0. The van der Waals surface area contributed by atoms with Crippen molar-refractivity contribution in [1.29, 1.82) is 0 Å². The smallest absolute Gasteiger partial charge is 0.194 e. The first-order valence-corrected chi connectivity index (χ1v) is 8.20. The van der Waals surface area contributed by atoms with Crippen LogP contribution in [0.4, 0.5) is 22.0 Å². The second kappa shape index (κ2) is 7.12. The summed E-state index contributed by atoms with van der Waals surface area (Å²) in [4.78, 5) is 0. The highest BCUT2D eigenvalue weighted by molar-refractivity contribution is 5.65. The minimum Gasteiger partial charge on any atom is -0.370 e. The van der Waals surface area contributed by atoms with E-state index in [1.165, 1.54) is 0 Å². The summed E-state index contributed by atoms with van der Waals surface area (Å²) in [5, 5.41) is 0. The molecule has 1 aliphatic rings. The van der Waals surface area contributed by atoms with Gasteiger partial charge in [0.15, 0.2) is 17.5 Å². The summed E-state index contributed by atoms with van der Waals surface area (Å²) in [5.41, 5.74) is -0.640. The zero-order valence-corrected chi connectivity index (χ0v) is 13.6. The molecule has 3 rings (SSSR count). The summed E-state index contributed by atoms with van der Waals surface area (Å²) in [7, 11) is 0. The van der Waals surface area contributed by atoms with Crippen LogP contribution in [0.25, 0.3) is 11.1 Å². The first-order chi connectivity index (χ1) is 11.9. The maximum Gasteiger partial charge on any atom is 0.194 e. The van der Waals surface area contributed by atoms with Gasteiger partial charge in [-0.05, 0) is 54.7 Å². The molecule has 1 fully saturated rings. The molecule has 1 nitrogen and oxygen atoms in total. The van der Waals surface area contributed by atoms with E-state index < -0.39 is 46.3 Å². The Bertz CT molecular complexity index is 743. The number of ether oxygens (including phenoxy) is 1. The lowest BCUT2D eigenvalue weighted by atomic mass is 9.98. The third-order valence-electron chi connectivity index (χ3n) is 4.43. The van der Waals surface area contributed by atoms with Crippen LogP contribution in [0, 0.1) is 29.1 Å². The molecular formula is C19H17F5O. The zero-order chi connectivity index (χ0) is 18.1. The lowest BCUT2D eigenvalue weighted by Crippen LogP contribution is -2.06. The van der Waals surface area contributed by atoms with Crippen molar-refractivity contribution in [3.8, 4) is 11.1 Å². The summed E-state index contributed by atoms with van der Waals surface area (Å²) in [6.07, 6.45) is 2.98. The van der Waals surface area contributed by atoms with E-state index in [1.807, 2.05) is 6.92 Å². The van der Waals surface area contributed by atoms with Gasteiger partial charge < -0.3 is 4.74 Å². The van der Waals surface area contributed by atoms with Crippen LogP contribution in [0.5, 0.6) is 0 Å². The minimum atomic E-state index is -1.68. The van der Waals surface area contributed by atoms with Crippen LogP contribution in [-0.2, 0) is 4.74 Å². The predicted molar refractivity (Wildman–Crippen MR) is 83.4 cm³/mol. The molecular weight excluding hydrogens is 339 g/mol. The standard InChI is InChI=1S/C19H17F5O/c1-2-3-12-4-5-17(25-12)10-6-13(20)18(14(21)7-10)11-8-15(22)19(24)16(23)9-11/h6-9,12,17H,2-5H2,1H3. The number of benzene rings is 2. The third kappa shape index (κ3) is 3.54. The monoisotopic (exact) mass is 356 g/mol. The Morgan fingerprint density at radius 3 is 2.04 bits per heavy atom. The largest absolute Gasteiger partial charge is 0.370 e. The summed E-state index contributed by atoms with van der Waals surface area (Å²) in [6.45, 7) is 2.03. The summed E-state index contributed by atoms with van der Waals surface area (Å²) in [6, 6.07) is 3.36. The van der Waals surface area contributed by atoms with E-state index in [1.54, 1.807) is 0 Å². The van der Waals surface area contributed by atoms with E-state index in [0.717, 1.165) is 31.4 Å². The maximum absolute atomic E-state index is 14.4. The molecule has 6 heteroatoms. The number of rotatable bonds is 4. The quantitative estimate of drug-likeness (QED) is 0.477. The third-order valence-corrected chi connectivity index (χ3v) is 4.43. The van der Waals surface area contributed by atoms with E-state index in [-0.39, 0.29) is 6.10 Å². The average molecular weight is 356 g/mol. The Kier molecular flexibility index (Phi) is 5.08. The maximum atomic E-state index is 14.4. The van der Waals surface area contributed by atoms with Crippen molar-refractivity contribution >= 4 is 0 Å². The minimum absolute atomic E-state index is 0.0705. The lowest BCUT2D eigenvalue weighted by molar-refractivity contribution is 0.0393. The van der Waals surface area contributed by atoms with Gasteiger partial charge >= 0.3 is 0 Å². The van der Waals surface area contributed by atoms with E-state index in [9.17, 15) is 22.0 Å². The van der Waals surface area contributed by atoms with Gasteiger partial charge in [0.2, 0.25) is 0 Å². The van der Waals surface area contributed by atoms with Crippen LogP contribution in [0.3, 0.4) is 0 Å². The van der Waals surface area contributed by atoms with Crippen LogP contribution < -0.4 is 0 Å². The Morgan fingerprint density at radius 1 is 0.880 bits per heavy atom. The molecule has 0 saturated carbocycles. The van der Waals surface area contributed by atoms with E-state index in [4.69, 9.17) is 4.74 Å². The Balaban J connectivity index is 1.94. The molecule has 2 unspecified atom stereocenters. The second-order valence-electron chi connectivity index (χ2n) is 6.23. The van der Waals surface area contributed by atoms with Crippen molar-refractivity contribution in [1.82, 2.24) is 0 Å². The van der Waals surface area contributed by atoms with Gasteiger partial charge in [0.25, 0.3) is 0 Å². The van der Waals surface area contributed by atoms with Crippen molar-refractivity contribution in [3.05, 3.63) is 58.9 Å². The van der Waals surface area contributed by atoms with Gasteiger partial charge in [0.05, 0.1) is 17.8 Å². The van der Waals surface area contributed by atoms with Crippen LogP contribution >= 0.6 is 0 Å². The number of halogens is 5. The predicted octanol–water partition coefficient (Wildman–Crippen LogP) is 6.07. The normalized spacial score (nSPS) is 20.2. The van der Waals surface area contributed by atoms with Gasteiger partial charge in [-0.1, -0.05) is 13.3 Å². The topological polar surface area (TPSA) is 9.23 Å². The summed E-state index contributed by atoms with van der Waals surface area (Å²) < 4.78 is 74.4. The molecule has 0 radical (unpaired) electrons. The van der Waals surface area contributed by atoms with E-state index in [2.05, 4.69) is 0 Å². The van der Waals surface area contributed by atoms with Crippen LogP contribution in [0.15, 0.2) is 24.3 Å². The highest BCUT2D eigenvalue weighted by atomic mass is 19.2. The SMILES string of the molecule is CCCC1CCC(c2cc(F)c(-c3cc(F)c(F)c(F)c3)c(F)c2)O1. The Labute approximate surface area is 142 Å². The molecule has 25 heavy (non-hydrogen) atoms. The highest BCUT2D eigenvalue weighted by Gasteiger charge is 2.28. The molecule has 2 atom stereocenters. The van der Waals surface area contributed by atoms with Gasteiger partial charge in [-0.25, -0.2) is 22.0 Å². The van der Waals surface area contributed by atoms with Crippen LogP contribution in [0.1, 0.15) is 44.3 Å². The Morgan fingerprint density at radius 2 is 1.48 bits per heavy atom. The Hall–Kier alpha value is -1.95. The fourth-order valence-corrected chi connectivity index (χ4v) is 3.24. The van der Waals surface area contributed by atoms with Crippen molar-refractivity contribution in [2.45, 2.75) is 44.8 Å². The second-order valence-corrected chi connectivity index (χ2v) is 6.23. The average Bonchev–Trinajstić information content (AvgIpc) is 3.01. The molecule has 2 aromatic rings.